The second kappa shape index (κ2) is 7.17. The summed E-state index contributed by atoms with van der Waals surface area (Å²) in [5.74, 6) is 1.70. The molecular weight excluding hydrogens is 156 g/mol. The van der Waals surface area contributed by atoms with Crippen molar-refractivity contribution in [1.82, 2.24) is 0 Å². The Labute approximate surface area is 84.4 Å². The zero-order chi connectivity index (χ0) is 10.3. The SMILES string of the molecule is C/C=C(\CCC(C)C)CC(C)CC. The fourth-order valence-electron chi connectivity index (χ4n) is 1.43. The van der Waals surface area contributed by atoms with Gasteiger partial charge in [0.15, 0.2) is 0 Å². The summed E-state index contributed by atoms with van der Waals surface area (Å²) in [5.41, 5.74) is 1.66. The van der Waals surface area contributed by atoms with Crippen LogP contribution < -0.4 is 0 Å². The van der Waals surface area contributed by atoms with Crippen LogP contribution in [0.2, 0.25) is 0 Å². The van der Waals surface area contributed by atoms with Crippen molar-refractivity contribution >= 4 is 0 Å². The van der Waals surface area contributed by atoms with Crippen LogP contribution in [-0.2, 0) is 0 Å². The van der Waals surface area contributed by atoms with Gasteiger partial charge in [0.05, 0.1) is 0 Å². The molecule has 0 heteroatoms. The maximum atomic E-state index is 2.35. The number of allylic oxidation sites excluding steroid dienone is 2. The van der Waals surface area contributed by atoms with Crippen molar-refractivity contribution in [2.75, 3.05) is 0 Å². The quantitative estimate of drug-likeness (QED) is 0.517. The van der Waals surface area contributed by atoms with Gasteiger partial charge in [0.1, 0.15) is 0 Å². The van der Waals surface area contributed by atoms with Gasteiger partial charge in [0.2, 0.25) is 0 Å². The van der Waals surface area contributed by atoms with Crippen molar-refractivity contribution in [3.63, 3.8) is 0 Å². The Morgan fingerprint density at radius 2 is 1.85 bits per heavy atom. The largest absolute Gasteiger partial charge is 0.0884 e. The Bertz CT molecular complexity index is 142. The van der Waals surface area contributed by atoms with Gasteiger partial charge in [-0.25, -0.2) is 0 Å². The minimum Gasteiger partial charge on any atom is -0.0884 e. The molecule has 0 aliphatic heterocycles. The Balaban J connectivity index is 3.78. The normalized spacial score (nSPS) is 15.1. The fraction of sp³-hybridized carbons (Fsp3) is 0.846. The summed E-state index contributed by atoms with van der Waals surface area (Å²) in [6.07, 6.45) is 7.57. The van der Waals surface area contributed by atoms with Gasteiger partial charge in [0.25, 0.3) is 0 Å². The standard InChI is InChI=1S/C13H26/c1-6-12(5)10-13(7-2)9-8-11(3)4/h7,11-12H,6,8-10H2,1-5H3/b13-7+. The van der Waals surface area contributed by atoms with E-state index in [0.29, 0.717) is 0 Å². The molecule has 1 atom stereocenters. The van der Waals surface area contributed by atoms with Crippen molar-refractivity contribution < 1.29 is 0 Å². The van der Waals surface area contributed by atoms with E-state index in [9.17, 15) is 0 Å². The topological polar surface area (TPSA) is 0 Å². The zero-order valence-electron chi connectivity index (χ0n) is 10.1. The molecule has 0 spiro atoms. The molecule has 0 aromatic rings. The predicted molar refractivity (Wildman–Crippen MR) is 61.9 cm³/mol. The summed E-state index contributed by atoms with van der Waals surface area (Å²) < 4.78 is 0. The lowest BCUT2D eigenvalue weighted by Gasteiger charge is -2.13. The van der Waals surface area contributed by atoms with Crippen molar-refractivity contribution in [2.45, 2.75) is 60.3 Å². The van der Waals surface area contributed by atoms with Crippen LogP contribution in [0, 0.1) is 11.8 Å². The molecule has 13 heavy (non-hydrogen) atoms. The third kappa shape index (κ3) is 6.86. The maximum Gasteiger partial charge on any atom is -0.0295 e. The van der Waals surface area contributed by atoms with Crippen LogP contribution >= 0.6 is 0 Å². The number of rotatable bonds is 6. The lowest BCUT2D eigenvalue weighted by atomic mass is 9.93. The molecule has 0 saturated heterocycles. The molecule has 0 saturated carbocycles. The summed E-state index contributed by atoms with van der Waals surface area (Å²) in [5, 5.41) is 0. The van der Waals surface area contributed by atoms with Crippen LogP contribution in [0.25, 0.3) is 0 Å². The highest BCUT2D eigenvalue weighted by molar-refractivity contribution is 5.01. The smallest absolute Gasteiger partial charge is 0.0295 e. The van der Waals surface area contributed by atoms with Gasteiger partial charge in [-0.15, -0.1) is 0 Å². The molecule has 0 heterocycles. The van der Waals surface area contributed by atoms with Gasteiger partial charge >= 0.3 is 0 Å². The van der Waals surface area contributed by atoms with E-state index in [2.05, 4.69) is 40.7 Å². The van der Waals surface area contributed by atoms with Crippen LogP contribution in [0.1, 0.15) is 60.3 Å². The summed E-state index contributed by atoms with van der Waals surface area (Å²) in [6, 6.07) is 0. The first-order valence-corrected chi connectivity index (χ1v) is 5.74. The molecule has 0 N–H and O–H groups in total. The van der Waals surface area contributed by atoms with Gasteiger partial charge in [-0.3, -0.25) is 0 Å². The van der Waals surface area contributed by atoms with E-state index in [-0.39, 0.29) is 0 Å². The molecule has 0 radical (unpaired) electrons. The first kappa shape index (κ1) is 12.7. The van der Waals surface area contributed by atoms with Crippen LogP contribution in [0.5, 0.6) is 0 Å². The molecule has 0 rings (SSSR count). The van der Waals surface area contributed by atoms with Gasteiger partial charge in [-0.1, -0.05) is 45.8 Å². The Morgan fingerprint density at radius 3 is 2.23 bits per heavy atom. The van der Waals surface area contributed by atoms with Gasteiger partial charge in [-0.05, 0) is 38.0 Å². The maximum absolute atomic E-state index is 2.35. The summed E-state index contributed by atoms with van der Waals surface area (Å²) >= 11 is 0. The lowest BCUT2D eigenvalue weighted by molar-refractivity contribution is 0.520. The van der Waals surface area contributed by atoms with Crippen molar-refractivity contribution in [3.05, 3.63) is 11.6 Å². The van der Waals surface area contributed by atoms with Crippen LogP contribution in [0.4, 0.5) is 0 Å². The minimum atomic E-state index is 0.840. The van der Waals surface area contributed by atoms with Crippen LogP contribution in [0.3, 0.4) is 0 Å². The van der Waals surface area contributed by atoms with Crippen molar-refractivity contribution in [3.8, 4) is 0 Å². The van der Waals surface area contributed by atoms with E-state index >= 15 is 0 Å². The molecule has 0 nitrogen and oxygen atoms in total. The van der Waals surface area contributed by atoms with Crippen molar-refractivity contribution in [1.29, 1.82) is 0 Å². The third-order valence-corrected chi connectivity index (χ3v) is 2.76. The molecule has 1 unspecified atom stereocenters. The van der Waals surface area contributed by atoms with Crippen LogP contribution in [-0.4, -0.2) is 0 Å². The Morgan fingerprint density at radius 1 is 1.23 bits per heavy atom. The zero-order valence-corrected chi connectivity index (χ0v) is 10.1. The lowest BCUT2D eigenvalue weighted by Crippen LogP contribution is -1.97. The highest BCUT2D eigenvalue weighted by Gasteiger charge is 2.04. The molecule has 0 aromatic carbocycles. The minimum absolute atomic E-state index is 0.840. The highest BCUT2D eigenvalue weighted by Crippen LogP contribution is 2.20. The van der Waals surface area contributed by atoms with E-state index in [0.717, 1.165) is 11.8 Å². The van der Waals surface area contributed by atoms with Gasteiger partial charge in [-0.2, -0.15) is 0 Å². The van der Waals surface area contributed by atoms with Crippen molar-refractivity contribution in [2.24, 2.45) is 11.8 Å². The Hall–Kier alpha value is -0.260. The third-order valence-electron chi connectivity index (χ3n) is 2.76. The van der Waals surface area contributed by atoms with Gasteiger partial charge < -0.3 is 0 Å². The average Bonchev–Trinajstić information content (AvgIpc) is 2.11. The van der Waals surface area contributed by atoms with E-state index in [1.54, 1.807) is 5.57 Å². The van der Waals surface area contributed by atoms with Crippen LogP contribution in [0.15, 0.2) is 11.6 Å². The number of hydrogen-bond acceptors (Lipinski definition) is 0. The second-order valence-electron chi connectivity index (χ2n) is 4.60. The van der Waals surface area contributed by atoms with E-state index < -0.39 is 0 Å². The molecule has 0 aliphatic rings. The molecule has 0 fully saturated rings. The highest BCUT2D eigenvalue weighted by atomic mass is 14.1. The molecule has 0 aromatic heterocycles. The number of hydrogen-bond donors (Lipinski definition) is 0. The molecule has 0 bridgehead atoms. The summed E-state index contributed by atoms with van der Waals surface area (Å²) in [7, 11) is 0. The summed E-state index contributed by atoms with van der Waals surface area (Å²) in [6.45, 7) is 11.4. The molecule has 0 aliphatic carbocycles. The van der Waals surface area contributed by atoms with E-state index in [1.807, 2.05) is 0 Å². The first-order valence-electron chi connectivity index (χ1n) is 5.74. The van der Waals surface area contributed by atoms with Gasteiger partial charge in [0, 0.05) is 0 Å². The molecular formula is C13H26. The first-order chi connectivity index (χ1) is 6.10. The monoisotopic (exact) mass is 182 g/mol. The van der Waals surface area contributed by atoms with E-state index in [4.69, 9.17) is 0 Å². The summed E-state index contributed by atoms with van der Waals surface area (Å²) in [4.78, 5) is 0. The molecule has 78 valence electrons. The predicted octanol–water partition coefficient (Wildman–Crippen LogP) is 4.81. The second-order valence-corrected chi connectivity index (χ2v) is 4.60. The Kier molecular flexibility index (Phi) is 7.03. The molecule has 0 amide bonds. The fourth-order valence-corrected chi connectivity index (χ4v) is 1.43. The van der Waals surface area contributed by atoms with E-state index in [1.165, 1.54) is 25.7 Å². The average molecular weight is 182 g/mol.